The second kappa shape index (κ2) is 6.85. The Morgan fingerprint density at radius 1 is 1.08 bits per heavy atom. The predicted molar refractivity (Wildman–Crippen MR) is 92.7 cm³/mol. The summed E-state index contributed by atoms with van der Waals surface area (Å²) in [6.07, 6.45) is 3.37. The van der Waals surface area contributed by atoms with E-state index in [0.29, 0.717) is 12.8 Å². The molecule has 2 aliphatic rings. The van der Waals surface area contributed by atoms with Gasteiger partial charge in [-0.05, 0) is 24.6 Å². The Balaban J connectivity index is 1.39. The van der Waals surface area contributed by atoms with Gasteiger partial charge in [0.15, 0.2) is 11.5 Å². The first kappa shape index (κ1) is 16.1. The van der Waals surface area contributed by atoms with Gasteiger partial charge in [-0.1, -0.05) is 6.07 Å². The lowest BCUT2D eigenvalue weighted by Gasteiger charge is -2.38. The second-order valence-corrected chi connectivity index (χ2v) is 6.36. The first-order valence-corrected chi connectivity index (χ1v) is 8.55. The van der Waals surface area contributed by atoms with Crippen molar-refractivity contribution < 1.29 is 14.6 Å². The third kappa shape index (κ3) is 3.25. The van der Waals surface area contributed by atoms with Gasteiger partial charge in [0.05, 0.1) is 6.61 Å². The maximum absolute atomic E-state index is 9.08. The summed E-state index contributed by atoms with van der Waals surface area (Å²) in [5, 5.41) is 9.08. The maximum Gasteiger partial charge on any atom is 0.231 e. The number of hydrogen-bond donors (Lipinski definition) is 1. The largest absolute Gasteiger partial charge is 0.454 e. The summed E-state index contributed by atoms with van der Waals surface area (Å²) in [4.78, 5) is 13.3. The Hall–Kier alpha value is -2.38. The van der Waals surface area contributed by atoms with Gasteiger partial charge in [-0.2, -0.15) is 0 Å². The van der Waals surface area contributed by atoms with E-state index in [1.54, 1.807) is 12.4 Å². The molecule has 2 aromatic rings. The van der Waals surface area contributed by atoms with Crippen molar-refractivity contribution in [2.24, 2.45) is 0 Å². The van der Waals surface area contributed by atoms with Crippen molar-refractivity contribution in [1.29, 1.82) is 0 Å². The second-order valence-electron chi connectivity index (χ2n) is 6.36. The van der Waals surface area contributed by atoms with Crippen LogP contribution in [0.15, 0.2) is 30.6 Å². The third-order valence-corrected chi connectivity index (χ3v) is 4.90. The van der Waals surface area contributed by atoms with Gasteiger partial charge < -0.3 is 19.5 Å². The van der Waals surface area contributed by atoms with Crippen LogP contribution in [0.4, 0.5) is 5.95 Å². The summed E-state index contributed by atoms with van der Waals surface area (Å²) in [5.74, 6) is 2.39. The highest BCUT2D eigenvalue weighted by molar-refractivity contribution is 5.45. The Morgan fingerprint density at radius 2 is 1.80 bits per heavy atom. The highest BCUT2D eigenvalue weighted by Crippen LogP contribution is 2.35. The number of piperazine rings is 1. The molecule has 4 rings (SSSR count). The van der Waals surface area contributed by atoms with Crippen LogP contribution in [0.3, 0.4) is 0 Å². The molecule has 25 heavy (non-hydrogen) atoms. The molecule has 7 nitrogen and oxygen atoms in total. The fraction of sp³-hybridized carbons (Fsp3) is 0.444. The number of benzene rings is 1. The SMILES string of the molecule is CC(c1ccc2c(c1)OCO2)N1CCN(c2ncc(CO)cn2)CC1. The summed E-state index contributed by atoms with van der Waals surface area (Å²) < 4.78 is 10.9. The lowest BCUT2D eigenvalue weighted by Crippen LogP contribution is -2.47. The summed E-state index contributed by atoms with van der Waals surface area (Å²) in [6.45, 7) is 6.16. The van der Waals surface area contributed by atoms with Crippen molar-refractivity contribution in [2.75, 3.05) is 37.9 Å². The van der Waals surface area contributed by atoms with Crippen LogP contribution in [-0.2, 0) is 6.61 Å². The fourth-order valence-corrected chi connectivity index (χ4v) is 3.29. The van der Waals surface area contributed by atoms with E-state index in [1.165, 1.54) is 5.56 Å². The number of fused-ring (bicyclic) bond motifs is 1. The zero-order valence-electron chi connectivity index (χ0n) is 14.3. The van der Waals surface area contributed by atoms with Crippen LogP contribution in [0, 0.1) is 0 Å². The average Bonchev–Trinajstić information content (AvgIpc) is 3.15. The Morgan fingerprint density at radius 3 is 2.52 bits per heavy atom. The zero-order valence-corrected chi connectivity index (χ0v) is 14.3. The molecule has 0 spiro atoms. The van der Waals surface area contributed by atoms with Crippen molar-refractivity contribution >= 4 is 5.95 Å². The molecule has 2 aliphatic heterocycles. The Bertz CT molecular complexity index is 730. The van der Waals surface area contributed by atoms with Crippen LogP contribution in [0.5, 0.6) is 11.5 Å². The highest BCUT2D eigenvalue weighted by atomic mass is 16.7. The van der Waals surface area contributed by atoms with Gasteiger partial charge in [0.25, 0.3) is 0 Å². The van der Waals surface area contributed by atoms with Gasteiger partial charge in [-0.3, -0.25) is 4.90 Å². The number of hydrogen-bond acceptors (Lipinski definition) is 7. The molecule has 1 aromatic heterocycles. The van der Waals surface area contributed by atoms with Crippen molar-refractivity contribution in [3.8, 4) is 11.5 Å². The molecule has 0 amide bonds. The quantitative estimate of drug-likeness (QED) is 0.904. The lowest BCUT2D eigenvalue weighted by atomic mass is 10.1. The molecule has 0 saturated carbocycles. The molecule has 3 heterocycles. The number of aliphatic hydroxyl groups excluding tert-OH is 1. The van der Waals surface area contributed by atoms with Crippen LogP contribution >= 0.6 is 0 Å². The normalized spacial score (nSPS) is 18.4. The van der Waals surface area contributed by atoms with Crippen LogP contribution in [-0.4, -0.2) is 52.9 Å². The Kier molecular flexibility index (Phi) is 4.42. The molecule has 132 valence electrons. The molecular weight excluding hydrogens is 320 g/mol. The van der Waals surface area contributed by atoms with E-state index < -0.39 is 0 Å². The first-order valence-electron chi connectivity index (χ1n) is 8.55. The molecule has 0 bridgehead atoms. The van der Waals surface area contributed by atoms with E-state index in [9.17, 15) is 0 Å². The number of ether oxygens (including phenoxy) is 2. The molecule has 1 saturated heterocycles. The molecule has 7 heteroatoms. The molecule has 1 N–H and O–H groups in total. The van der Waals surface area contributed by atoms with E-state index in [4.69, 9.17) is 14.6 Å². The summed E-state index contributed by atoms with van der Waals surface area (Å²) >= 11 is 0. The van der Waals surface area contributed by atoms with Crippen LogP contribution in [0.25, 0.3) is 0 Å². The summed E-state index contributed by atoms with van der Waals surface area (Å²) in [5.41, 5.74) is 1.97. The monoisotopic (exact) mass is 342 g/mol. The van der Waals surface area contributed by atoms with E-state index in [2.05, 4.69) is 38.8 Å². The molecule has 0 aliphatic carbocycles. The van der Waals surface area contributed by atoms with Gasteiger partial charge in [0, 0.05) is 50.2 Å². The number of nitrogens with zero attached hydrogens (tertiary/aromatic N) is 4. The number of aromatic nitrogens is 2. The third-order valence-electron chi connectivity index (χ3n) is 4.90. The maximum atomic E-state index is 9.08. The van der Waals surface area contributed by atoms with Gasteiger partial charge in [-0.25, -0.2) is 9.97 Å². The van der Waals surface area contributed by atoms with Crippen LogP contribution in [0.2, 0.25) is 0 Å². The summed E-state index contributed by atoms with van der Waals surface area (Å²) in [6, 6.07) is 6.49. The fourth-order valence-electron chi connectivity index (χ4n) is 3.29. The number of rotatable bonds is 4. The van der Waals surface area contributed by atoms with Crippen molar-refractivity contribution in [1.82, 2.24) is 14.9 Å². The average molecular weight is 342 g/mol. The predicted octanol–water partition coefficient (Wildman–Crippen LogP) is 1.58. The topological polar surface area (TPSA) is 71.0 Å². The smallest absolute Gasteiger partial charge is 0.231 e. The van der Waals surface area contributed by atoms with E-state index in [0.717, 1.165) is 49.2 Å². The van der Waals surface area contributed by atoms with Crippen molar-refractivity contribution in [3.05, 3.63) is 41.7 Å². The molecule has 1 fully saturated rings. The van der Waals surface area contributed by atoms with E-state index in [1.807, 2.05) is 6.07 Å². The molecule has 1 unspecified atom stereocenters. The Labute approximate surface area is 146 Å². The van der Waals surface area contributed by atoms with Gasteiger partial charge in [0.1, 0.15) is 0 Å². The van der Waals surface area contributed by atoms with Crippen LogP contribution < -0.4 is 14.4 Å². The molecular formula is C18H22N4O3. The highest BCUT2D eigenvalue weighted by Gasteiger charge is 2.24. The van der Waals surface area contributed by atoms with Gasteiger partial charge in [-0.15, -0.1) is 0 Å². The van der Waals surface area contributed by atoms with Crippen molar-refractivity contribution in [3.63, 3.8) is 0 Å². The number of aliphatic hydroxyl groups is 1. The summed E-state index contributed by atoms with van der Waals surface area (Å²) in [7, 11) is 0. The van der Waals surface area contributed by atoms with E-state index in [-0.39, 0.29) is 6.61 Å². The zero-order chi connectivity index (χ0) is 17.2. The minimum atomic E-state index is -0.0267. The molecule has 1 aromatic carbocycles. The van der Waals surface area contributed by atoms with Crippen LogP contribution in [0.1, 0.15) is 24.1 Å². The number of anilines is 1. The molecule has 1 atom stereocenters. The van der Waals surface area contributed by atoms with E-state index >= 15 is 0 Å². The minimum absolute atomic E-state index is 0.0267. The van der Waals surface area contributed by atoms with Gasteiger partial charge >= 0.3 is 0 Å². The first-order chi connectivity index (χ1) is 12.2. The van der Waals surface area contributed by atoms with Gasteiger partial charge in [0.2, 0.25) is 12.7 Å². The molecule has 0 radical (unpaired) electrons. The standard InChI is InChI=1S/C18H22N4O3/c1-13(15-2-3-16-17(8-15)25-12-24-16)21-4-6-22(7-5-21)18-19-9-14(11-23)10-20-18/h2-3,8-10,13,23H,4-7,11-12H2,1H3. The van der Waals surface area contributed by atoms with Crippen molar-refractivity contribution in [2.45, 2.75) is 19.6 Å². The minimum Gasteiger partial charge on any atom is -0.454 e. The lowest BCUT2D eigenvalue weighted by molar-refractivity contribution is 0.173.